The van der Waals surface area contributed by atoms with Gasteiger partial charge in [-0.1, -0.05) is 28.1 Å². The maximum atomic E-state index is 10.8. The lowest BCUT2D eigenvalue weighted by molar-refractivity contribution is -0.143. The Kier molecular flexibility index (Phi) is 4.78. The van der Waals surface area contributed by atoms with Gasteiger partial charge in [-0.05, 0) is 43.4 Å². The zero-order valence-corrected chi connectivity index (χ0v) is 11.7. The van der Waals surface area contributed by atoms with Crippen molar-refractivity contribution in [3.63, 3.8) is 0 Å². The Labute approximate surface area is 115 Å². The molecule has 0 heterocycles. The van der Waals surface area contributed by atoms with Gasteiger partial charge in [-0.3, -0.25) is 4.79 Å². The first kappa shape index (κ1) is 13.6. The van der Waals surface area contributed by atoms with E-state index in [9.17, 15) is 4.79 Å². The molecule has 0 unspecified atom stereocenters. The summed E-state index contributed by atoms with van der Waals surface area (Å²) in [4.78, 5) is 10.8. The van der Waals surface area contributed by atoms with Gasteiger partial charge in [0.05, 0.1) is 18.6 Å². The number of hydrogen-bond acceptors (Lipinski definition) is 2. The zero-order valence-electron chi connectivity index (χ0n) is 10.1. The summed E-state index contributed by atoms with van der Waals surface area (Å²) in [6, 6.07) is 8.06. The van der Waals surface area contributed by atoms with Crippen molar-refractivity contribution in [2.75, 3.05) is 0 Å². The van der Waals surface area contributed by atoms with Crippen LogP contribution in [0.2, 0.25) is 0 Å². The molecule has 1 aliphatic rings. The Bertz CT molecular complexity index is 411. The molecular formula is C14H17BrO3. The van der Waals surface area contributed by atoms with Gasteiger partial charge in [0.15, 0.2) is 0 Å². The normalized spacial score (nSPS) is 23.8. The SMILES string of the molecule is O=C(O)C1CCC(OCc2cccc(Br)c2)CC1. The van der Waals surface area contributed by atoms with Crippen molar-refractivity contribution in [3.8, 4) is 0 Å². The predicted molar refractivity (Wildman–Crippen MR) is 72.3 cm³/mol. The van der Waals surface area contributed by atoms with Gasteiger partial charge in [0.1, 0.15) is 0 Å². The zero-order chi connectivity index (χ0) is 13.0. The van der Waals surface area contributed by atoms with Gasteiger partial charge in [0.2, 0.25) is 0 Å². The Morgan fingerprint density at radius 1 is 1.33 bits per heavy atom. The number of aliphatic carboxylic acids is 1. The molecule has 4 heteroatoms. The van der Waals surface area contributed by atoms with Crippen LogP contribution in [0.5, 0.6) is 0 Å². The molecule has 0 atom stereocenters. The van der Waals surface area contributed by atoms with Crippen LogP contribution in [-0.2, 0) is 16.1 Å². The van der Waals surface area contributed by atoms with E-state index in [1.807, 2.05) is 24.3 Å². The van der Waals surface area contributed by atoms with Crippen LogP contribution in [0.1, 0.15) is 31.2 Å². The lowest BCUT2D eigenvalue weighted by Gasteiger charge is -2.26. The Morgan fingerprint density at radius 2 is 2.06 bits per heavy atom. The second-order valence-electron chi connectivity index (χ2n) is 4.75. The molecule has 1 aromatic carbocycles. The summed E-state index contributed by atoms with van der Waals surface area (Å²) in [6.45, 7) is 0.599. The average molecular weight is 313 g/mol. The van der Waals surface area contributed by atoms with Crippen molar-refractivity contribution in [2.45, 2.75) is 38.4 Å². The molecule has 98 valence electrons. The summed E-state index contributed by atoms with van der Waals surface area (Å²) in [7, 11) is 0. The number of carbonyl (C=O) groups is 1. The van der Waals surface area contributed by atoms with Crippen LogP contribution in [0.15, 0.2) is 28.7 Å². The van der Waals surface area contributed by atoms with Gasteiger partial charge in [0, 0.05) is 4.47 Å². The number of ether oxygens (including phenoxy) is 1. The molecule has 1 aliphatic carbocycles. The van der Waals surface area contributed by atoms with Crippen molar-refractivity contribution >= 4 is 21.9 Å². The largest absolute Gasteiger partial charge is 0.481 e. The molecule has 18 heavy (non-hydrogen) atoms. The molecule has 0 aromatic heterocycles. The molecule has 1 aromatic rings. The molecule has 2 rings (SSSR count). The molecule has 3 nitrogen and oxygen atoms in total. The van der Waals surface area contributed by atoms with E-state index >= 15 is 0 Å². The summed E-state index contributed by atoms with van der Waals surface area (Å²) in [6.07, 6.45) is 3.38. The topological polar surface area (TPSA) is 46.5 Å². The smallest absolute Gasteiger partial charge is 0.306 e. The fraction of sp³-hybridized carbons (Fsp3) is 0.500. The first-order valence-electron chi connectivity index (χ1n) is 6.24. The first-order valence-corrected chi connectivity index (χ1v) is 7.03. The molecule has 0 spiro atoms. The lowest BCUT2D eigenvalue weighted by Crippen LogP contribution is -2.25. The number of carboxylic acid groups (broad SMARTS) is 1. The van der Waals surface area contributed by atoms with E-state index in [4.69, 9.17) is 9.84 Å². The van der Waals surface area contributed by atoms with E-state index in [1.165, 1.54) is 0 Å². The molecule has 1 saturated carbocycles. The first-order chi connectivity index (χ1) is 8.65. The van der Waals surface area contributed by atoms with Crippen molar-refractivity contribution in [1.82, 2.24) is 0 Å². The standard InChI is InChI=1S/C14H17BrO3/c15-12-3-1-2-10(8-12)9-18-13-6-4-11(5-7-13)14(16)17/h1-3,8,11,13H,4-7,9H2,(H,16,17). The lowest BCUT2D eigenvalue weighted by atomic mass is 9.87. The van der Waals surface area contributed by atoms with Crippen molar-refractivity contribution in [3.05, 3.63) is 34.3 Å². The minimum atomic E-state index is -0.666. The second-order valence-corrected chi connectivity index (χ2v) is 5.67. The molecule has 0 aliphatic heterocycles. The third-order valence-electron chi connectivity index (χ3n) is 3.40. The third-order valence-corrected chi connectivity index (χ3v) is 3.89. The van der Waals surface area contributed by atoms with Crippen LogP contribution in [-0.4, -0.2) is 17.2 Å². The number of halogens is 1. The highest BCUT2D eigenvalue weighted by Gasteiger charge is 2.26. The highest BCUT2D eigenvalue weighted by Crippen LogP contribution is 2.27. The maximum absolute atomic E-state index is 10.8. The summed E-state index contributed by atoms with van der Waals surface area (Å²) in [5, 5.41) is 8.92. The highest BCUT2D eigenvalue weighted by atomic mass is 79.9. The number of carboxylic acids is 1. The van der Waals surface area contributed by atoms with E-state index in [1.54, 1.807) is 0 Å². The van der Waals surface area contributed by atoms with Gasteiger partial charge in [-0.15, -0.1) is 0 Å². The molecule has 0 radical (unpaired) electrons. The summed E-state index contributed by atoms with van der Waals surface area (Å²) < 4.78 is 6.89. The van der Waals surface area contributed by atoms with Crippen molar-refractivity contribution in [2.24, 2.45) is 5.92 Å². The monoisotopic (exact) mass is 312 g/mol. The van der Waals surface area contributed by atoms with Crippen LogP contribution in [0.3, 0.4) is 0 Å². The van der Waals surface area contributed by atoms with Gasteiger partial charge >= 0.3 is 5.97 Å². The Balaban J connectivity index is 1.77. The summed E-state index contributed by atoms with van der Waals surface area (Å²) in [5.41, 5.74) is 1.14. The molecular weight excluding hydrogens is 296 g/mol. The third kappa shape index (κ3) is 3.82. The van der Waals surface area contributed by atoms with Gasteiger partial charge in [-0.2, -0.15) is 0 Å². The Hall–Kier alpha value is -0.870. The second kappa shape index (κ2) is 6.34. The highest BCUT2D eigenvalue weighted by molar-refractivity contribution is 9.10. The van der Waals surface area contributed by atoms with Crippen LogP contribution >= 0.6 is 15.9 Å². The molecule has 0 bridgehead atoms. The van der Waals surface area contributed by atoms with Crippen LogP contribution in [0.4, 0.5) is 0 Å². The summed E-state index contributed by atoms with van der Waals surface area (Å²) >= 11 is 3.43. The van der Waals surface area contributed by atoms with E-state index < -0.39 is 5.97 Å². The van der Waals surface area contributed by atoms with Gasteiger partial charge in [-0.25, -0.2) is 0 Å². The molecule has 1 fully saturated rings. The number of benzene rings is 1. The van der Waals surface area contributed by atoms with Crippen LogP contribution < -0.4 is 0 Å². The van der Waals surface area contributed by atoms with E-state index in [0.29, 0.717) is 6.61 Å². The van der Waals surface area contributed by atoms with E-state index in [0.717, 1.165) is 35.7 Å². The quantitative estimate of drug-likeness (QED) is 0.923. The fourth-order valence-electron chi connectivity index (χ4n) is 2.32. The Morgan fingerprint density at radius 3 is 2.67 bits per heavy atom. The summed E-state index contributed by atoms with van der Waals surface area (Å²) in [5.74, 6) is -0.837. The number of rotatable bonds is 4. The van der Waals surface area contributed by atoms with Crippen molar-refractivity contribution < 1.29 is 14.6 Å². The van der Waals surface area contributed by atoms with Gasteiger partial charge in [0.25, 0.3) is 0 Å². The maximum Gasteiger partial charge on any atom is 0.306 e. The minimum Gasteiger partial charge on any atom is -0.481 e. The molecule has 0 saturated heterocycles. The van der Waals surface area contributed by atoms with Gasteiger partial charge < -0.3 is 9.84 Å². The minimum absolute atomic E-state index is 0.171. The molecule has 0 amide bonds. The van der Waals surface area contributed by atoms with E-state index in [-0.39, 0.29) is 12.0 Å². The predicted octanol–water partition coefficient (Wildman–Crippen LogP) is 3.61. The van der Waals surface area contributed by atoms with Crippen molar-refractivity contribution in [1.29, 1.82) is 0 Å². The fourth-order valence-corrected chi connectivity index (χ4v) is 2.76. The molecule has 1 N–H and O–H groups in total. The van der Waals surface area contributed by atoms with Crippen LogP contribution in [0, 0.1) is 5.92 Å². The van der Waals surface area contributed by atoms with Crippen LogP contribution in [0.25, 0.3) is 0 Å². The average Bonchev–Trinajstić information content (AvgIpc) is 2.37. The number of hydrogen-bond donors (Lipinski definition) is 1. The van der Waals surface area contributed by atoms with E-state index in [2.05, 4.69) is 15.9 Å².